The summed E-state index contributed by atoms with van der Waals surface area (Å²) in [5, 5.41) is 8.64. The molecule has 29 heteroatoms. The monoisotopic (exact) mass is 1630 g/mol. The van der Waals surface area contributed by atoms with Crippen LogP contribution in [0.15, 0.2) is 212 Å². The van der Waals surface area contributed by atoms with E-state index in [4.69, 9.17) is 61.0 Å². The van der Waals surface area contributed by atoms with Crippen molar-refractivity contribution >= 4 is 63.7 Å². The molecule has 8 atom stereocenters. The SMILES string of the molecule is CCCOP(OC[C@H]1O[C@@H](n2ccc(NC(=O)c3ccc(CNC(=O)Cc4ccccc4)cc3)nc2=O)CC1OP(OCCC)N(C(C)C)C(C)C)OC1C[C@H](n2cnc3c(NC(=O)CCCN(C)C(=O)OCC4c5ccccc5-c5ccccc54)ncnc32)O[C@@H]1COC(c1ccccc1)(c1ccc(OC)cc1)c1ccc(OC)cc1. The highest BCUT2D eigenvalue weighted by Crippen LogP contribution is 2.53. The third-order valence-corrected chi connectivity index (χ3v) is 24.0. The number of carbonyl (C=O) groups is 4. The Morgan fingerprint density at radius 2 is 1.21 bits per heavy atom. The number of hydrogen-bond donors (Lipinski definition) is 3. The molecular weight excluding hydrogens is 1530 g/mol. The van der Waals surface area contributed by atoms with Crippen molar-refractivity contribution in [3.63, 3.8) is 0 Å². The molecule has 0 spiro atoms. The first-order valence-corrected chi connectivity index (χ1v) is 41.9. The van der Waals surface area contributed by atoms with E-state index < -0.39 is 77.3 Å². The molecule has 117 heavy (non-hydrogen) atoms. The van der Waals surface area contributed by atoms with Gasteiger partial charge in [0.25, 0.3) is 14.4 Å². The fourth-order valence-electron chi connectivity index (χ4n) is 14.8. The number of imidazole rings is 1. The molecule has 3 aliphatic rings. The molecular formula is C88H101N11O16P2. The van der Waals surface area contributed by atoms with Crippen molar-refractivity contribution in [3.05, 3.63) is 262 Å². The van der Waals surface area contributed by atoms with Gasteiger partial charge in [-0.25, -0.2) is 29.2 Å². The van der Waals surface area contributed by atoms with Gasteiger partial charge in [-0.15, -0.1) is 0 Å². The Morgan fingerprint density at radius 3 is 1.83 bits per heavy atom. The van der Waals surface area contributed by atoms with Gasteiger partial charge in [-0.1, -0.05) is 159 Å². The molecule has 4 amide bonds. The van der Waals surface area contributed by atoms with Crippen LogP contribution in [0.5, 0.6) is 11.5 Å². The predicted molar refractivity (Wildman–Crippen MR) is 445 cm³/mol. The average Bonchev–Trinajstić information content (AvgIpc) is 0.864. The first-order valence-electron chi connectivity index (χ1n) is 39.7. The summed E-state index contributed by atoms with van der Waals surface area (Å²) in [6.45, 7) is 13.5. The zero-order valence-corrected chi connectivity index (χ0v) is 69.0. The van der Waals surface area contributed by atoms with E-state index in [9.17, 15) is 24.0 Å². The fourth-order valence-corrected chi connectivity index (χ4v) is 17.9. The smallest absolute Gasteiger partial charge is 0.409 e. The maximum atomic E-state index is 14.3. The van der Waals surface area contributed by atoms with Gasteiger partial charge in [-0.2, -0.15) is 4.98 Å². The van der Waals surface area contributed by atoms with Crippen LogP contribution in [-0.2, 0) is 69.7 Å². The van der Waals surface area contributed by atoms with Crippen molar-refractivity contribution in [1.29, 1.82) is 0 Å². The van der Waals surface area contributed by atoms with Crippen LogP contribution in [-0.4, -0.2) is 160 Å². The quantitative estimate of drug-likeness (QED) is 0.0238. The van der Waals surface area contributed by atoms with Crippen LogP contribution in [0, 0.1) is 0 Å². The van der Waals surface area contributed by atoms with Crippen LogP contribution in [0.1, 0.15) is 148 Å². The summed E-state index contributed by atoms with van der Waals surface area (Å²) < 4.78 is 78.6. The van der Waals surface area contributed by atoms with Crippen molar-refractivity contribution in [3.8, 4) is 22.6 Å². The van der Waals surface area contributed by atoms with E-state index in [2.05, 4.69) is 82.5 Å². The molecule has 0 bridgehead atoms. The number of aromatic nitrogens is 6. The standard InChI is InChI=1S/C88H101N11O16P2/c1-10-47-109-116(99(58(3)4)59(5)6)114-73-50-80(97-46-44-77(94-86(97)103)93-85(102)62-34-32-61(33-35-62)52-89-79(101)49-60-23-14-12-15-24-60)113-76(73)55-111-117(110-48-11-2)115-74-51-81(112-75(74)54-108-88(63-25-16-13-17-26-63,64-36-40-66(105-8)41-37-64)65-38-42-67(106-9)43-39-65)98-57-92-82-83(90-56-91-84(82)98)95-78(100)31-22-45-96(7)87(104)107-53-72-70-29-20-18-27-68(70)69-28-19-21-30-71(69)72/h12-21,23-30,32-44,46,56-59,72-76,80-81H,10-11,22,31,45,47-55H2,1-9H3,(H,89,101)(H,90,91,95,100)(H,93,94,102,103)/t73?,74?,75-,76-,80-,81-,116?,117?/m1/s1. The molecule has 27 nitrogen and oxygen atoms in total. The van der Waals surface area contributed by atoms with Crippen LogP contribution in [0.4, 0.5) is 16.4 Å². The Hall–Kier alpha value is -10.3. The normalized spacial score (nSPS) is 17.7. The van der Waals surface area contributed by atoms with Gasteiger partial charge in [0, 0.05) is 69.2 Å². The second kappa shape index (κ2) is 40.3. The molecule has 2 aliphatic heterocycles. The highest BCUT2D eigenvalue weighted by molar-refractivity contribution is 7.44. The number of rotatable bonds is 39. The number of carbonyl (C=O) groups excluding carboxylic acids is 4. The number of fused-ring (bicyclic) bond motifs is 4. The third-order valence-electron chi connectivity index (χ3n) is 20.6. The highest BCUT2D eigenvalue weighted by atomic mass is 31.2. The number of amides is 4. The highest BCUT2D eigenvalue weighted by Gasteiger charge is 2.47. The summed E-state index contributed by atoms with van der Waals surface area (Å²) in [7, 11) is 0.924. The van der Waals surface area contributed by atoms with Crippen LogP contribution in [0.3, 0.4) is 0 Å². The molecule has 4 unspecified atom stereocenters. The Balaban J connectivity index is 0.742. The number of nitrogens with zero attached hydrogens (tertiary/aromatic N) is 8. The maximum Gasteiger partial charge on any atom is 0.409 e. The minimum atomic E-state index is -2.27. The van der Waals surface area contributed by atoms with E-state index in [1.807, 2.05) is 147 Å². The van der Waals surface area contributed by atoms with E-state index in [0.29, 0.717) is 47.7 Å². The topological polar surface area (TPSA) is 291 Å². The second-order valence-electron chi connectivity index (χ2n) is 29.3. The van der Waals surface area contributed by atoms with E-state index >= 15 is 0 Å². The molecule has 0 saturated carbocycles. The summed E-state index contributed by atoms with van der Waals surface area (Å²) in [6, 6.07) is 59.6. The molecule has 13 rings (SSSR count). The Labute approximate surface area is 683 Å². The minimum Gasteiger partial charge on any atom is -0.497 e. The van der Waals surface area contributed by atoms with Gasteiger partial charge < -0.3 is 71.9 Å². The summed E-state index contributed by atoms with van der Waals surface area (Å²) in [5.74, 6) is 0.462. The molecule has 3 aromatic heterocycles. The van der Waals surface area contributed by atoms with Crippen molar-refractivity contribution < 1.29 is 70.2 Å². The van der Waals surface area contributed by atoms with Gasteiger partial charge >= 0.3 is 20.4 Å². The molecule has 7 aromatic carbocycles. The number of nitrogens with one attached hydrogen (secondary N) is 3. The van der Waals surface area contributed by atoms with E-state index in [0.717, 1.165) is 56.5 Å². The van der Waals surface area contributed by atoms with Crippen molar-refractivity contribution in [2.45, 2.75) is 154 Å². The zero-order valence-electron chi connectivity index (χ0n) is 67.2. The number of hydrogen-bond acceptors (Lipinski definition) is 21. The lowest BCUT2D eigenvalue weighted by molar-refractivity contribution is -0.120. The number of benzene rings is 7. The molecule has 2 saturated heterocycles. The van der Waals surface area contributed by atoms with Gasteiger partial charge in [0.15, 0.2) is 17.0 Å². The summed E-state index contributed by atoms with van der Waals surface area (Å²) >= 11 is 0. The van der Waals surface area contributed by atoms with Gasteiger partial charge in [-0.05, 0) is 139 Å². The van der Waals surface area contributed by atoms with E-state index in [1.54, 1.807) is 56.4 Å². The van der Waals surface area contributed by atoms with E-state index in [-0.39, 0.29) is 107 Å². The molecule has 2 fully saturated rings. The summed E-state index contributed by atoms with van der Waals surface area (Å²) in [5.41, 5.74) is 7.62. The number of methoxy groups -OCH3 is 2. The Bertz CT molecular complexity index is 4910. The van der Waals surface area contributed by atoms with E-state index in [1.165, 1.54) is 28.1 Å². The largest absolute Gasteiger partial charge is 0.497 e. The molecule has 1 aliphatic carbocycles. The van der Waals surface area contributed by atoms with Crippen molar-refractivity contribution in [2.75, 3.05) is 71.5 Å². The van der Waals surface area contributed by atoms with Crippen LogP contribution in [0.25, 0.3) is 22.3 Å². The first kappa shape index (κ1) is 84.7. The van der Waals surface area contributed by atoms with Crippen molar-refractivity contribution in [1.82, 2.24) is 44.0 Å². The van der Waals surface area contributed by atoms with Crippen molar-refractivity contribution in [2.24, 2.45) is 0 Å². The first-order chi connectivity index (χ1) is 56.9. The molecule has 614 valence electrons. The molecule has 10 aromatic rings. The summed E-state index contributed by atoms with van der Waals surface area (Å²) in [6.07, 6.45) is 1.36. The lowest BCUT2D eigenvalue weighted by atomic mass is 9.80. The van der Waals surface area contributed by atoms with Gasteiger partial charge in [0.1, 0.15) is 60.5 Å². The lowest BCUT2D eigenvalue weighted by Crippen LogP contribution is -2.38. The average molecular weight is 1630 g/mol. The summed E-state index contributed by atoms with van der Waals surface area (Å²) in [4.78, 5) is 87.7. The van der Waals surface area contributed by atoms with Gasteiger partial charge in [0.05, 0.1) is 65.6 Å². The maximum absolute atomic E-state index is 14.3. The van der Waals surface area contributed by atoms with Crippen LogP contribution in [0.2, 0.25) is 0 Å². The molecule has 3 N–H and O–H groups in total. The van der Waals surface area contributed by atoms with Crippen LogP contribution >= 0.6 is 17.1 Å². The zero-order chi connectivity index (χ0) is 82.0. The fraction of sp³-hybridized carbons (Fsp3) is 0.375. The lowest BCUT2D eigenvalue weighted by Gasteiger charge is -2.37. The van der Waals surface area contributed by atoms with Crippen LogP contribution < -0.4 is 31.1 Å². The van der Waals surface area contributed by atoms with Gasteiger partial charge in [-0.3, -0.25) is 23.5 Å². The van der Waals surface area contributed by atoms with Gasteiger partial charge in [0.2, 0.25) is 11.8 Å². The molecule has 5 heterocycles. The Kier molecular flexibility index (Phi) is 29.1. The molecule has 0 radical (unpaired) electrons. The predicted octanol–water partition coefficient (Wildman–Crippen LogP) is 15.6. The number of anilines is 2. The Morgan fingerprint density at radius 1 is 0.615 bits per heavy atom. The second-order valence-corrected chi connectivity index (χ2v) is 31.9. The third kappa shape index (κ3) is 20.7. The number of ether oxygens (including phenoxy) is 6. The minimum absolute atomic E-state index is 0.0202.